The summed E-state index contributed by atoms with van der Waals surface area (Å²) in [6.45, 7) is 1.29. The van der Waals surface area contributed by atoms with Crippen LogP contribution in [0.5, 0.6) is 0 Å². The molecule has 2 N–H and O–H groups in total. The highest BCUT2D eigenvalue weighted by Crippen LogP contribution is 2.20. The molecular weight excluding hydrogens is 192 g/mol. The molecule has 0 saturated carbocycles. The largest absolute Gasteiger partial charge is 0.393 e. The summed E-state index contributed by atoms with van der Waals surface area (Å²) >= 11 is 5.63. The first-order valence-corrected chi connectivity index (χ1v) is 4.62. The number of aliphatic hydroxyl groups is 2. The van der Waals surface area contributed by atoms with E-state index >= 15 is 0 Å². The quantitative estimate of drug-likeness (QED) is 0.611. The van der Waals surface area contributed by atoms with Crippen LogP contribution in [0.1, 0.15) is 6.42 Å². The van der Waals surface area contributed by atoms with Crippen molar-refractivity contribution in [2.75, 3.05) is 26.2 Å². The fraction of sp³-hybridized carbons (Fsp3) is 0.875. The van der Waals surface area contributed by atoms with E-state index in [1.54, 1.807) is 0 Å². The summed E-state index contributed by atoms with van der Waals surface area (Å²) in [7, 11) is 0. The first kappa shape index (κ1) is 10.7. The lowest BCUT2D eigenvalue weighted by Crippen LogP contribution is -2.38. The van der Waals surface area contributed by atoms with Crippen LogP contribution in [0, 0.1) is 11.3 Å². The lowest BCUT2D eigenvalue weighted by atomic mass is 10.1. The summed E-state index contributed by atoms with van der Waals surface area (Å²) in [6.07, 6.45) is 0.540. The van der Waals surface area contributed by atoms with Crippen molar-refractivity contribution in [1.29, 1.82) is 5.26 Å². The Bertz CT molecular complexity index is 219. The van der Waals surface area contributed by atoms with Gasteiger partial charge in [-0.2, -0.15) is 5.26 Å². The molecule has 0 aliphatic carbocycles. The van der Waals surface area contributed by atoms with Crippen LogP contribution in [0.15, 0.2) is 0 Å². The molecule has 0 aromatic heterocycles. The average Bonchev–Trinajstić information content (AvgIpc) is 2.48. The van der Waals surface area contributed by atoms with Crippen molar-refractivity contribution in [3.63, 3.8) is 0 Å². The number of nitrogens with zero attached hydrogens (tertiary/aromatic N) is 2. The van der Waals surface area contributed by atoms with Gasteiger partial charge < -0.3 is 10.2 Å². The third-order valence-corrected chi connectivity index (χ3v) is 2.50. The second-order valence-corrected chi connectivity index (χ2v) is 3.99. The molecule has 0 bridgehead atoms. The lowest BCUT2D eigenvalue weighted by Gasteiger charge is -2.20. The minimum atomic E-state index is -0.994. The fourth-order valence-electron chi connectivity index (χ4n) is 1.49. The van der Waals surface area contributed by atoms with Gasteiger partial charge in [-0.3, -0.25) is 4.90 Å². The van der Waals surface area contributed by atoms with Crippen LogP contribution in [0.4, 0.5) is 0 Å². The van der Waals surface area contributed by atoms with Crippen LogP contribution >= 0.6 is 11.6 Å². The molecule has 0 amide bonds. The van der Waals surface area contributed by atoms with E-state index in [2.05, 4.69) is 0 Å². The highest BCUT2D eigenvalue weighted by atomic mass is 35.5. The zero-order chi connectivity index (χ0) is 9.90. The minimum Gasteiger partial charge on any atom is -0.393 e. The van der Waals surface area contributed by atoms with Crippen molar-refractivity contribution >= 4 is 11.6 Å². The number of likely N-dealkylation sites (tertiary alicyclic amines) is 1. The van der Waals surface area contributed by atoms with Gasteiger partial charge in [0.2, 0.25) is 0 Å². The lowest BCUT2D eigenvalue weighted by molar-refractivity contribution is -0.00505. The summed E-state index contributed by atoms with van der Waals surface area (Å²) in [5.74, 6) is 0. The fourth-order valence-corrected chi connectivity index (χ4v) is 1.69. The molecule has 1 saturated heterocycles. The van der Waals surface area contributed by atoms with Crippen molar-refractivity contribution in [1.82, 2.24) is 4.90 Å². The number of β-amino-alcohol motifs (C(OH)–C–C–N with tert-alkyl or cyclic N) is 1. The van der Waals surface area contributed by atoms with Crippen LogP contribution in [0.25, 0.3) is 0 Å². The molecule has 5 heteroatoms. The zero-order valence-corrected chi connectivity index (χ0v) is 8.04. The molecule has 2 atom stereocenters. The Kier molecular flexibility index (Phi) is 3.51. The molecule has 0 aromatic carbocycles. The Labute approximate surface area is 82.3 Å². The number of aliphatic hydroxyl groups excluding tert-OH is 1. The van der Waals surface area contributed by atoms with Gasteiger partial charge in [-0.15, -0.1) is 11.6 Å². The molecule has 4 nitrogen and oxygen atoms in total. The van der Waals surface area contributed by atoms with E-state index in [1.807, 2.05) is 11.0 Å². The van der Waals surface area contributed by atoms with Gasteiger partial charge in [0.05, 0.1) is 12.7 Å². The highest BCUT2D eigenvalue weighted by molar-refractivity contribution is 6.22. The SMILES string of the molecule is N#CC(Cl)CN1CCC(O)(CO)C1. The van der Waals surface area contributed by atoms with Gasteiger partial charge >= 0.3 is 0 Å². The molecule has 13 heavy (non-hydrogen) atoms. The van der Waals surface area contributed by atoms with Crippen LogP contribution in [-0.4, -0.2) is 52.3 Å². The molecule has 0 radical (unpaired) electrons. The van der Waals surface area contributed by atoms with Gasteiger partial charge in [0, 0.05) is 19.6 Å². The third kappa shape index (κ3) is 2.82. The van der Waals surface area contributed by atoms with Gasteiger partial charge in [-0.05, 0) is 6.42 Å². The maximum absolute atomic E-state index is 9.64. The molecule has 0 spiro atoms. The first-order valence-electron chi connectivity index (χ1n) is 4.19. The minimum absolute atomic E-state index is 0.233. The predicted molar refractivity (Wildman–Crippen MR) is 48.3 cm³/mol. The molecule has 74 valence electrons. The Morgan fingerprint density at radius 1 is 1.69 bits per heavy atom. The monoisotopic (exact) mass is 204 g/mol. The topological polar surface area (TPSA) is 67.5 Å². The standard InChI is InChI=1S/C8H13ClN2O2/c9-7(3-10)4-11-2-1-8(13,5-11)6-12/h7,12-13H,1-2,4-6H2. The number of hydrogen-bond donors (Lipinski definition) is 2. The Hall–Kier alpha value is -0.340. The van der Waals surface area contributed by atoms with Gasteiger partial charge in [-0.1, -0.05) is 0 Å². The van der Waals surface area contributed by atoms with Crippen molar-refractivity contribution in [2.24, 2.45) is 0 Å². The van der Waals surface area contributed by atoms with Crippen LogP contribution in [-0.2, 0) is 0 Å². The van der Waals surface area contributed by atoms with Crippen LogP contribution in [0.2, 0.25) is 0 Å². The Morgan fingerprint density at radius 2 is 2.38 bits per heavy atom. The van der Waals surface area contributed by atoms with E-state index in [0.717, 1.165) is 0 Å². The summed E-state index contributed by atoms with van der Waals surface area (Å²) in [6, 6.07) is 1.92. The van der Waals surface area contributed by atoms with Crippen molar-refractivity contribution in [3.05, 3.63) is 0 Å². The van der Waals surface area contributed by atoms with E-state index in [0.29, 0.717) is 26.1 Å². The summed E-state index contributed by atoms with van der Waals surface area (Å²) in [5, 5.41) is 26.4. The molecule has 1 aliphatic rings. The average molecular weight is 205 g/mol. The zero-order valence-electron chi connectivity index (χ0n) is 7.28. The van der Waals surface area contributed by atoms with Crippen molar-refractivity contribution in [3.8, 4) is 6.07 Å². The Balaban J connectivity index is 2.38. The normalized spacial score (nSPS) is 31.5. The summed E-state index contributed by atoms with van der Waals surface area (Å²) < 4.78 is 0. The number of hydrogen-bond acceptors (Lipinski definition) is 4. The molecule has 1 fully saturated rings. The maximum Gasteiger partial charge on any atom is 0.133 e. The predicted octanol–water partition coefficient (Wildman–Crippen LogP) is -0.454. The van der Waals surface area contributed by atoms with E-state index < -0.39 is 11.0 Å². The second-order valence-electron chi connectivity index (χ2n) is 3.46. The number of halogens is 1. The maximum atomic E-state index is 9.64. The van der Waals surface area contributed by atoms with Gasteiger partial charge in [0.1, 0.15) is 11.0 Å². The number of nitriles is 1. The van der Waals surface area contributed by atoms with Crippen molar-refractivity contribution in [2.45, 2.75) is 17.4 Å². The summed E-state index contributed by atoms with van der Waals surface area (Å²) in [4.78, 5) is 1.89. The van der Waals surface area contributed by atoms with Crippen LogP contribution < -0.4 is 0 Å². The second kappa shape index (κ2) is 4.25. The highest BCUT2D eigenvalue weighted by Gasteiger charge is 2.35. The summed E-state index contributed by atoms with van der Waals surface area (Å²) in [5.41, 5.74) is -0.994. The first-order chi connectivity index (χ1) is 6.09. The smallest absolute Gasteiger partial charge is 0.133 e. The van der Waals surface area contributed by atoms with Crippen molar-refractivity contribution < 1.29 is 10.2 Å². The molecule has 0 aromatic rings. The van der Waals surface area contributed by atoms with Crippen LogP contribution in [0.3, 0.4) is 0 Å². The van der Waals surface area contributed by atoms with E-state index in [9.17, 15) is 5.11 Å². The van der Waals surface area contributed by atoms with E-state index in [1.165, 1.54) is 0 Å². The molecule has 1 heterocycles. The molecule has 2 unspecified atom stereocenters. The van der Waals surface area contributed by atoms with E-state index in [-0.39, 0.29) is 6.61 Å². The van der Waals surface area contributed by atoms with Gasteiger partial charge in [-0.25, -0.2) is 0 Å². The molecular formula is C8H13ClN2O2. The Morgan fingerprint density at radius 3 is 2.85 bits per heavy atom. The number of rotatable bonds is 3. The van der Waals surface area contributed by atoms with Gasteiger partial charge in [0.15, 0.2) is 0 Å². The molecule has 1 rings (SSSR count). The number of alkyl halides is 1. The molecule has 1 aliphatic heterocycles. The van der Waals surface area contributed by atoms with E-state index in [4.69, 9.17) is 22.0 Å². The third-order valence-electron chi connectivity index (χ3n) is 2.26. The van der Waals surface area contributed by atoms with Gasteiger partial charge in [0.25, 0.3) is 0 Å².